The molecule has 0 spiro atoms. The van der Waals surface area contributed by atoms with E-state index in [1.807, 2.05) is 13.8 Å². The van der Waals surface area contributed by atoms with Gasteiger partial charge in [0.05, 0.1) is 23.5 Å². The lowest BCUT2D eigenvalue weighted by Gasteiger charge is -2.26. The number of thiocarbonyl (C=S) groups is 1. The molecule has 1 aliphatic rings. The van der Waals surface area contributed by atoms with Gasteiger partial charge in [0.15, 0.2) is 10.8 Å². The van der Waals surface area contributed by atoms with Gasteiger partial charge in [0.2, 0.25) is 10.0 Å². The van der Waals surface area contributed by atoms with Gasteiger partial charge in [0, 0.05) is 30.7 Å². The number of rotatable bonds is 7. The van der Waals surface area contributed by atoms with Crippen molar-refractivity contribution < 1.29 is 17.9 Å². The number of carbonyl (C=O) groups is 1. The molecule has 2 heterocycles. The van der Waals surface area contributed by atoms with Crippen molar-refractivity contribution in [1.29, 1.82) is 0 Å². The first-order chi connectivity index (χ1) is 18.2. The van der Waals surface area contributed by atoms with Gasteiger partial charge in [0.1, 0.15) is 0 Å². The quantitative estimate of drug-likeness (QED) is 0.294. The van der Waals surface area contributed by atoms with Gasteiger partial charge in [-0.1, -0.05) is 32.0 Å². The molecule has 1 amide bonds. The van der Waals surface area contributed by atoms with Crippen LogP contribution in [0.3, 0.4) is 0 Å². The second kappa shape index (κ2) is 12.0. The van der Waals surface area contributed by atoms with Gasteiger partial charge in [-0.05, 0) is 54.9 Å². The second-order valence-corrected chi connectivity index (χ2v) is 11.5. The number of anilines is 1. The van der Waals surface area contributed by atoms with Gasteiger partial charge in [-0.15, -0.1) is 0 Å². The van der Waals surface area contributed by atoms with Gasteiger partial charge >= 0.3 is 0 Å². The standard InChI is InChI=1S/C25H30N6O5S2/c1-17(2)11-12-31-24(33)21-6-4-3-5-20(21)22(29-31)23(32)27-28-25(37)26-18-7-9-19(10-8-18)38(34,35)30-13-15-36-16-14-30/h3-10,17H,11-16H2,1-2H3,(H,27,32)(H2,26,28,37). The maximum atomic E-state index is 13.0. The van der Waals surface area contributed by atoms with Crippen LogP contribution in [0, 0.1) is 5.92 Å². The van der Waals surface area contributed by atoms with Gasteiger partial charge in [-0.25, -0.2) is 13.1 Å². The van der Waals surface area contributed by atoms with Crippen LogP contribution in [0.2, 0.25) is 0 Å². The van der Waals surface area contributed by atoms with E-state index in [4.69, 9.17) is 17.0 Å². The Bertz CT molecular complexity index is 1480. The Labute approximate surface area is 226 Å². The van der Waals surface area contributed by atoms with Crippen molar-refractivity contribution in [3.05, 3.63) is 64.6 Å². The van der Waals surface area contributed by atoms with E-state index in [-0.39, 0.29) is 21.3 Å². The summed E-state index contributed by atoms with van der Waals surface area (Å²) in [4.78, 5) is 26.0. The van der Waals surface area contributed by atoms with Gasteiger partial charge < -0.3 is 10.1 Å². The van der Waals surface area contributed by atoms with Crippen LogP contribution < -0.4 is 21.7 Å². The number of hydrazine groups is 1. The summed E-state index contributed by atoms with van der Waals surface area (Å²) in [5.74, 6) is -0.193. The van der Waals surface area contributed by atoms with E-state index in [0.717, 1.165) is 6.42 Å². The minimum atomic E-state index is -3.60. The van der Waals surface area contributed by atoms with Crippen LogP contribution in [-0.2, 0) is 21.3 Å². The van der Waals surface area contributed by atoms with Gasteiger partial charge in [-0.2, -0.15) is 9.40 Å². The van der Waals surface area contributed by atoms with Crippen LogP contribution in [0.25, 0.3) is 10.8 Å². The molecule has 1 saturated heterocycles. The van der Waals surface area contributed by atoms with E-state index in [1.54, 1.807) is 36.4 Å². The lowest BCUT2D eigenvalue weighted by Crippen LogP contribution is -2.44. The van der Waals surface area contributed by atoms with Crippen molar-refractivity contribution in [3.8, 4) is 0 Å². The Morgan fingerprint density at radius 1 is 1.05 bits per heavy atom. The lowest BCUT2D eigenvalue weighted by atomic mass is 10.1. The molecule has 0 radical (unpaired) electrons. The molecule has 4 rings (SSSR count). The van der Waals surface area contributed by atoms with E-state index in [2.05, 4.69) is 21.3 Å². The fraction of sp³-hybridized carbons (Fsp3) is 0.360. The minimum Gasteiger partial charge on any atom is -0.379 e. The summed E-state index contributed by atoms with van der Waals surface area (Å²) in [6.07, 6.45) is 0.741. The molecule has 38 heavy (non-hydrogen) atoms. The number of ether oxygens (including phenoxy) is 1. The summed E-state index contributed by atoms with van der Waals surface area (Å²) in [5, 5.41) is 8.15. The monoisotopic (exact) mass is 558 g/mol. The summed E-state index contributed by atoms with van der Waals surface area (Å²) in [5.41, 5.74) is 5.52. The molecule has 0 unspecified atom stereocenters. The molecule has 1 fully saturated rings. The van der Waals surface area contributed by atoms with Crippen LogP contribution in [0.15, 0.2) is 58.2 Å². The lowest BCUT2D eigenvalue weighted by molar-refractivity contribution is 0.0730. The smallest absolute Gasteiger partial charge is 0.290 e. The average Bonchev–Trinajstić information content (AvgIpc) is 2.92. The zero-order valence-electron chi connectivity index (χ0n) is 21.1. The molecule has 1 aromatic heterocycles. The van der Waals surface area contributed by atoms with Crippen molar-refractivity contribution in [2.45, 2.75) is 31.7 Å². The molecule has 0 bridgehead atoms. The van der Waals surface area contributed by atoms with Crippen LogP contribution in [0.1, 0.15) is 30.8 Å². The Morgan fingerprint density at radius 3 is 2.37 bits per heavy atom. The summed E-state index contributed by atoms with van der Waals surface area (Å²) >= 11 is 5.27. The number of sulfonamides is 1. The SMILES string of the molecule is CC(C)CCn1nc(C(=O)NNC(=S)Nc2ccc(S(=O)(=O)N3CCOCC3)cc2)c2ccccc2c1=O. The van der Waals surface area contributed by atoms with Crippen molar-refractivity contribution in [3.63, 3.8) is 0 Å². The molecule has 13 heteroatoms. The zero-order valence-corrected chi connectivity index (χ0v) is 22.8. The number of carbonyl (C=O) groups excluding carboxylic acids is 1. The van der Waals surface area contributed by atoms with Crippen molar-refractivity contribution in [1.82, 2.24) is 24.9 Å². The molecule has 0 atom stereocenters. The molecule has 11 nitrogen and oxygen atoms in total. The summed E-state index contributed by atoms with van der Waals surface area (Å²) in [6.45, 7) is 5.86. The topological polar surface area (TPSA) is 135 Å². The van der Waals surface area contributed by atoms with E-state index in [1.165, 1.54) is 21.1 Å². The van der Waals surface area contributed by atoms with Crippen molar-refractivity contribution in [2.75, 3.05) is 31.6 Å². The van der Waals surface area contributed by atoms with E-state index < -0.39 is 15.9 Å². The number of morpholine rings is 1. The summed E-state index contributed by atoms with van der Waals surface area (Å²) < 4.78 is 33.5. The zero-order chi connectivity index (χ0) is 27.3. The Kier molecular flexibility index (Phi) is 8.72. The van der Waals surface area contributed by atoms with E-state index >= 15 is 0 Å². The number of benzene rings is 2. The molecular weight excluding hydrogens is 528 g/mol. The number of hydrogen-bond acceptors (Lipinski definition) is 7. The highest BCUT2D eigenvalue weighted by atomic mass is 32.2. The molecule has 0 aliphatic carbocycles. The summed E-state index contributed by atoms with van der Waals surface area (Å²) in [6, 6.07) is 13.0. The predicted octanol–water partition coefficient (Wildman–Crippen LogP) is 2.09. The fourth-order valence-corrected chi connectivity index (χ4v) is 5.49. The number of fused-ring (bicyclic) bond motifs is 1. The number of nitrogens with one attached hydrogen (secondary N) is 3. The maximum absolute atomic E-state index is 13.0. The highest BCUT2D eigenvalue weighted by molar-refractivity contribution is 7.89. The molecule has 3 aromatic rings. The van der Waals surface area contributed by atoms with E-state index in [0.29, 0.717) is 55.2 Å². The normalized spacial score (nSPS) is 14.4. The van der Waals surface area contributed by atoms with Crippen molar-refractivity contribution >= 4 is 49.7 Å². The third-order valence-electron chi connectivity index (χ3n) is 6.01. The number of aromatic nitrogens is 2. The molecule has 2 aromatic carbocycles. The minimum absolute atomic E-state index is 0.0829. The molecule has 202 valence electrons. The van der Waals surface area contributed by atoms with E-state index in [9.17, 15) is 18.0 Å². The number of aryl methyl sites for hydroxylation is 1. The molecular formula is C25H30N6O5S2. The van der Waals surface area contributed by atoms with Gasteiger partial charge in [-0.3, -0.25) is 20.4 Å². The fourth-order valence-electron chi connectivity index (χ4n) is 3.92. The van der Waals surface area contributed by atoms with Crippen LogP contribution in [0.4, 0.5) is 5.69 Å². The Morgan fingerprint density at radius 2 is 1.71 bits per heavy atom. The first-order valence-corrected chi connectivity index (χ1v) is 14.1. The Hall–Kier alpha value is -3.39. The molecule has 3 N–H and O–H groups in total. The number of amides is 1. The van der Waals surface area contributed by atoms with Crippen LogP contribution in [0.5, 0.6) is 0 Å². The maximum Gasteiger partial charge on any atom is 0.290 e. The predicted molar refractivity (Wildman–Crippen MR) is 148 cm³/mol. The van der Waals surface area contributed by atoms with Crippen molar-refractivity contribution in [2.24, 2.45) is 5.92 Å². The largest absolute Gasteiger partial charge is 0.379 e. The third kappa shape index (κ3) is 6.35. The molecule has 0 saturated carbocycles. The first kappa shape index (κ1) is 27.6. The number of nitrogens with zero attached hydrogens (tertiary/aromatic N) is 3. The van der Waals surface area contributed by atoms with Gasteiger partial charge in [0.25, 0.3) is 11.5 Å². The van der Waals surface area contributed by atoms with Crippen LogP contribution >= 0.6 is 12.2 Å². The number of hydrogen-bond donors (Lipinski definition) is 3. The second-order valence-electron chi connectivity index (χ2n) is 9.18. The average molecular weight is 559 g/mol. The van der Waals surface area contributed by atoms with Crippen LogP contribution in [-0.4, -0.2) is 59.8 Å². The third-order valence-corrected chi connectivity index (χ3v) is 8.13. The Balaban J connectivity index is 1.42. The first-order valence-electron chi connectivity index (χ1n) is 12.2. The molecule has 1 aliphatic heterocycles. The highest BCUT2D eigenvalue weighted by Gasteiger charge is 2.26. The highest BCUT2D eigenvalue weighted by Crippen LogP contribution is 2.19. The summed E-state index contributed by atoms with van der Waals surface area (Å²) in [7, 11) is -3.60.